The fourth-order valence-corrected chi connectivity index (χ4v) is 3.23. The first-order valence-corrected chi connectivity index (χ1v) is 8.15. The van der Waals surface area contributed by atoms with Crippen molar-refractivity contribution >= 4 is 5.69 Å². The number of rotatable bonds is 3. The van der Waals surface area contributed by atoms with Gasteiger partial charge in [-0.05, 0) is 34.9 Å². The predicted molar refractivity (Wildman–Crippen MR) is 97.2 cm³/mol. The molecule has 2 N–H and O–H groups in total. The molecule has 3 aromatic carbocycles. The molecule has 4 rings (SSSR count). The number of para-hydroxylation sites is 1. The minimum Gasteiger partial charge on any atom is -0.497 e. The smallest absolute Gasteiger partial charge is 0.118 e. The second-order valence-electron chi connectivity index (χ2n) is 5.95. The molecule has 0 spiro atoms. The molecular weight excluding hydrogens is 296 g/mol. The summed E-state index contributed by atoms with van der Waals surface area (Å²) in [5.41, 5.74) is 4.90. The Kier molecular flexibility index (Phi) is 3.93. The van der Waals surface area contributed by atoms with Gasteiger partial charge >= 0.3 is 0 Å². The van der Waals surface area contributed by atoms with Crippen molar-refractivity contribution in [2.24, 2.45) is 0 Å². The quantitative estimate of drug-likeness (QED) is 0.746. The summed E-state index contributed by atoms with van der Waals surface area (Å²) in [6, 6.07) is 27.4. The first kappa shape index (κ1) is 14.8. The second kappa shape index (κ2) is 6.38. The van der Waals surface area contributed by atoms with Gasteiger partial charge in [-0.3, -0.25) is 5.32 Å². The minimum absolute atomic E-state index is 0.0519. The van der Waals surface area contributed by atoms with Crippen LogP contribution in [0.2, 0.25) is 0 Å². The number of benzene rings is 3. The van der Waals surface area contributed by atoms with Crippen LogP contribution in [-0.4, -0.2) is 7.11 Å². The van der Waals surface area contributed by atoms with Crippen molar-refractivity contribution in [3.05, 3.63) is 95.6 Å². The second-order valence-corrected chi connectivity index (χ2v) is 5.95. The van der Waals surface area contributed by atoms with Gasteiger partial charge in [0.1, 0.15) is 11.9 Å². The number of fused-ring (bicyclic) bond motifs is 1. The number of anilines is 1. The zero-order chi connectivity index (χ0) is 16.4. The van der Waals surface area contributed by atoms with Crippen LogP contribution < -0.4 is 15.4 Å². The van der Waals surface area contributed by atoms with E-state index in [9.17, 15) is 0 Å². The molecule has 3 nitrogen and oxygen atoms in total. The molecule has 1 aliphatic rings. The molecule has 1 aliphatic heterocycles. The topological polar surface area (TPSA) is 33.3 Å². The van der Waals surface area contributed by atoms with Crippen molar-refractivity contribution in [3.63, 3.8) is 0 Å². The van der Waals surface area contributed by atoms with E-state index < -0.39 is 0 Å². The highest BCUT2D eigenvalue weighted by atomic mass is 16.5. The normalized spacial score (nSPS) is 19.2. The van der Waals surface area contributed by atoms with E-state index in [1.807, 2.05) is 12.1 Å². The van der Waals surface area contributed by atoms with Gasteiger partial charge < -0.3 is 10.1 Å². The maximum absolute atomic E-state index is 5.26. The van der Waals surface area contributed by atoms with Crippen molar-refractivity contribution in [2.75, 3.05) is 12.4 Å². The van der Waals surface area contributed by atoms with E-state index in [0.717, 1.165) is 5.75 Å². The van der Waals surface area contributed by atoms with E-state index in [0.29, 0.717) is 0 Å². The fraction of sp³-hybridized carbons (Fsp3) is 0.143. The Morgan fingerprint density at radius 1 is 0.750 bits per heavy atom. The van der Waals surface area contributed by atoms with Crippen LogP contribution in [0.3, 0.4) is 0 Å². The van der Waals surface area contributed by atoms with Crippen LogP contribution in [-0.2, 0) is 0 Å². The lowest BCUT2D eigenvalue weighted by molar-refractivity contribution is 0.414. The number of hydrogen-bond acceptors (Lipinski definition) is 3. The number of methoxy groups -OCH3 is 1. The van der Waals surface area contributed by atoms with Crippen LogP contribution in [0.25, 0.3) is 0 Å². The van der Waals surface area contributed by atoms with Gasteiger partial charge in [-0.1, -0.05) is 60.7 Å². The summed E-state index contributed by atoms with van der Waals surface area (Å²) >= 11 is 0. The average molecular weight is 316 g/mol. The SMILES string of the molecule is COc1ccc([C@@H]2Nc3ccccc3[C@@H](c3ccccc3)N2)cc1. The van der Waals surface area contributed by atoms with Crippen LogP contribution in [0.4, 0.5) is 5.69 Å². The Bertz CT molecular complexity index is 815. The molecule has 24 heavy (non-hydrogen) atoms. The Labute approximate surface area is 142 Å². The van der Waals surface area contributed by atoms with Gasteiger partial charge in [0, 0.05) is 5.69 Å². The molecule has 0 saturated heterocycles. The Hall–Kier alpha value is -2.78. The fourth-order valence-electron chi connectivity index (χ4n) is 3.23. The summed E-state index contributed by atoms with van der Waals surface area (Å²) < 4.78 is 5.26. The van der Waals surface area contributed by atoms with Gasteiger partial charge in [-0.25, -0.2) is 0 Å². The molecule has 0 bridgehead atoms. The highest BCUT2D eigenvalue weighted by Gasteiger charge is 2.27. The monoisotopic (exact) mass is 316 g/mol. The summed E-state index contributed by atoms with van der Waals surface area (Å²) in [7, 11) is 1.69. The standard InChI is InChI=1S/C21H20N2O/c1-24-17-13-11-16(12-14-17)21-22-19-10-6-5-9-18(19)20(23-21)15-7-3-2-4-8-15/h2-14,20-23H,1H3/t20-,21-/m1/s1. The Balaban J connectivity index is 1.72. The molecule has 0 unspecified atom stereocenters. The van der Waals surface area contributed by atoms with Crippen LogP contribution in [0.5, 0.6) is 5.75 Å². The van der Waals surface area contributed by atoms with Gasteiger partial charge in [0.05, 0.1) is 13.2 Å². The Morgan fingerprint density at radius 2 is 1.46 bits per heavy atom. The highest BCUT2D eigenvalue weighted by molar-refractivity contribution is 5.58. The molecule has 0 aliphatic carbocycles. The van der Waals surface area contributed by atoms with Crippen LogP contribution in [0, 0.1) is 0 Å². The van der Waals surface area contributed by atoms with Crippen LogP contribution >= 0.6 is 0 Å². The van der Waals surface area contributed by atoms with Crippen LogP contribution in [0.1, 0.15) is 28.9 Å². The van der Waals surface area contributed by atoms with E-state index in [1.54, 1.807) is 7.11 Å². The first-order valence-electron chi connectivity index (χ1n) is 8.15. The molecule has 120 valence electrons. The van der Waals surface area contributed by atoms with Gasteiger partial charge in [-0.2, -0.15) is 0 Å². The lowest BCUT2D eigenvalue weighted by Crippen LogP contribution is -2.37. The van der Waals surface area contributed by atoms with Gasteiger partial charge in [0.2, 0.25) is 0 Å². The molecular formula is C21H20N2O. The number of nitrogens with one attached hydrogen (secondary N) is 2. The molecule has 3 aromatic rings. The Morgan fingerprint density at radius 3 is 2.21 bits per heavy atom. The third-order valence-corrected chi connectivity index (χ3v) is 4.49. The summed E-state index contributed by atoms with van der Waals surface area (Å²) in [4.78, 5) is 0. The van der Waals surface area contributed by atoms with Crippen molar-refractivity contribution in [1.82, 2.24) is 5.32 Å². The van der Waals surface area contributed by atoms with Crippen molar-refractivity contribution in [2.45, 2.75) is 12.2 Å². The molecule has 1 heterocycles. The zero-order valence-electron chi connectivity index (χ0n) is 13.6. The van der Waals surface area contributed by atoms with E-state index >= 15 is 0 Å². The van der Waals surface area contributed by atoms with E-state index in [1.165, 1.54) is 22.4 Å². The molecule has 0 fully saturated rings. The molecule has 3 heteroatoms. The lowest BCUT2D eigenvalue weighted by Gasteiger charge is -2.35. The lowest BCUT2D eigenvalue weighted by atomic mass is 9.93. The average Bonchev–Trinajstić information content (AvgIpc) is 2.68. The summed E-state index contributed by atoms with van der Waals surface area (Å²) in [6.07, 6.45) is 0.0519. The maximum atomic E-state index is 5.26. The van der Waals surface area contributed by atoms with Crippen molar-refractivity contribution in [1.29, 1.82) is 0 Å². The zero-order valence-corrected chi connectivity index (χ0v) is 13.6. The number of ether oxygens (including phenoxy) is 1. The van der Waals surface area contributed by atoms with Crippen molar-refractivity contribution < 1.29 is 4.74 Å². The van der Waals surface area contributed by atoms with E-state index in [4.69, 9.17) is 4.74 Å². The minimum atomic E-state index is 0.0519. The maximum Gasteiger partial charge on any atom is 0.118 e. The molecule has 0 saturated carbocycles. The molecule has 0 radical (unpaired) electrons. The molecule has 0 aromatic heterocycles. The third-order valence-electron chi connectivity index (χ3n) is 4.49. The largest absolute Gasteiger partial charge is 0.497 e. The first-order chi connectivity index (χ1) is 11.8. The summed E-state index contributed by atoms with van der Waals surface area (Å²) in [5.74, 6) is 0.870. The molecule has 0 amide bonds. The van der Waals surface area contributed by atoms with E-state index in [-0.39, 0.29) is 12.2 Å². The van der Waals surface area contributed by atoms with Crippen molar-refractivity contribution in [3.8, 4) is 5.75 Å². The molecule has 2 atom stereocenters. The van der Waals surface area contributed by atoms with Gasteiger partial charge in [0.25, 0.3) is 0 Å². The number of hydrogen-bond donors (Lipinski definition) is 2. The summed E-state index contributed by atoms with van der Waals surface area (Å²) in [5, 5.41) is 7.33. The third kappa shape index (κ3) is 2.74. The van der Waals surface area contributed by atoms with Gasteiger partial charge in [0.15, 0.2) is 0 Å². The predicted octanol–water partition coefficient (Wildman–Crippen LogP) is 4.50. The summed E-state index contributed by atoms with van der Waals surface area (Å²) in [6.45, 7) is 0. The van der Waals surface area contributed by atoms with E-state index in [2.05, 4.69) is 77.4 Å². The highest BCUT2D eigenvalue weighted by Crippen LogP contribution is 2.36. The van der Waals surface area contributed by atoms with Gasteiger partial charge in [-0.15, -0.1) is 0 Å². The van der Waals surface area contributed by atoms with Crippen LogP contribution in [0.15, 0.2) is 78.9 Å².